The standard InChI is InChI=1S/C11H14N2/c1-8-4-2-3-5-9(8)11-10(12)6-7-13-11/h2-5,11-13H,6-7H2,1H3. The molecule has 2 nitrogen and oxygen atoms in total. The molecule has 1 aliphatic heterocycles. The van der Waals surface area contributed by atoms with Crippen LogP contribution in [0.2, 0.25) is 0 Å². The lowest BCUT2D eigenvalue weighted by Crippen LogP contribution is -2.18. The molecule has 0 amide bonds. The van der Waals surface area contributed by atoms with E-state index >= 15 is 0 Å². The van der Waals surface area contributed by atoms with E-state index in [0.29, 0.717) is 0 Å². The van der Waals surface area contributed by atoms with E-state index in [1.807, 2.05) is 12.1 Å². The number of rotatable bonds is 1. The zero-order valence-corrected chi connectivity index (χ0v) is 7.80. The maximum atomic E-state index is 7.78. The molecule has 0 aromatic heterocycles. The molecule has 1 aromatic rings. The largest absolute Gasteiger partial charge is 0.308 e. The van der Waals surface area contributed by atoms with Crippen LogP contribution in [-0.2, 0) is 0 Å². The lowest BCUT2D eigenvalue weighted by molar-refractivity contribution is 0.725. The fourth-order valence-electron chi connectivity index (χ4n) is 1.83. The number of hydrogen-bond acceptors (Lipinski definition) is 2. The first-order valence-electron chi connectivity index (χ1n) is 4.65. The molecule has 68 valence electrons. The molecule has 1 atom stereocenters. The highest BCUT2D eigenvalue weighted by atomic mass is 15.0. The van der Waals surface area contributed by atoms with Gasteiger partial charge in [0.15, 0.2) is 0 Å². The van der Waals surface area contributed by atoms with Gasteiger partial charge in [-0.2, -0.15) is 0 Å². The molecule has 1 aliphatic rings. The smallest absolute Gasteiger partial charge is 0.0707 e. The minimum atomic E-state index is 0.168. The van der Waals surface area contributed by atoms with Crippen molar-refractivity contribution >= 4 is 5.71 Å². The molecule has 0 spiro atoms. The molecule has 0 saturated carbocycles. The molecule has 13 heavy (non-hydrogen) atoms. The number of aryl methyl sites for hydroxylation is 1. The maximum Gasteiger partial charge on any atom is 0.0707 e. The van der Waals surface area contributed by atoms with Crippen molar-refractivity contribution in [1.82, 2.24) is 5.32 Å². The van der Waals surface area contributed by atoms with Gasteiger partial charge in [0.1, 0.15) is 0 Å². The highest BCUT2D eigenvalue weighted by Crippen LogP contribution is 2.22. The second-order valence-corrected chi connectivity index (χ2v) is 3.52. The van der Waals surface area contributed by atoms with Crippen molar-refractivity contribution in [3.05, 3.63) is 35.4 Å². The Morgan fingerprint density at radius 2 is 2.15 bits per heavy atom. The monoisotopic (exact) mass is 174 g/mol. The van der Waals surface area contributed by atoms with Crippen molar-refractivity contribution < 1.29 is 0 Å². The SMILES string of the molecule is Cc1ccccc1C1NCCC1=N. The van der Waals surface area contributed by atoms with E-state index in [1.54, 1.807) is 0 Å². The molecule has 1 saturated heterocycles. The van der Waals surface area contributed by atoms with Gasteiger partial charge in [-0.3, -0.25) is 0 Å². The summed E-state index contributed by atoms with van der Waals surface area (Å²) >= 11 is 0. The molecule has 0 radical (unpaired) electrons. The van der Waals surface area contributed by atoms with E-state index in [2.05, 4.69) is 24.4 Å². The molecular weight excluding hydrogens is 160 g/mol. The van der Waals surface area contributed by atoms with Gasteiger partial charge in [-0.15, -0.1) is 0 Å². The van der Waals surface area contributed by atoms with Crippen LogP contribution < -0.4 is 5.32 Å². The van der Waals surface area contributed by atoms with E-state index in [0.717, 1.165) is 18.7 Å². The fraction of sp³-hybridized carbons (Fsp3) is 0.364. The van der Waals surface area contributed by atoms with E-state index in [-0.39, 0.29) is 6.04 Å². The predicted octanol–water partition coefficient (Wildman–Crippen LogP) is 2.05. The van der Waals surface area contributed by atoms with Gasteiger partial charge >= 0.3 is 0 Å². The fourth-order valence-corrected chi connectivity index (χ4v) is 1.83. The van der Waals surface area contributed by atoms with Crippen LogP contribution in [0.4, 0.5) is 0 Å². The lowest BCUT2D eigenvalue weighted by atomic mass is 9.99. The second-order valence-electron chi connectivity index (χ2n) is 3.52. The Hall–Kier alpha value is -1.15. The van der Waals surface area contributed by atoms with Crippen LogP contribution in [0.25, 0.3) is 0 Å². The molecule has 1 fully saturated rings. The third-order valence-electron chi connectivity index (χ3n) is 2.59. The summed E-state index contributed by atoms with van der Waals surface area (Å²) < 4.78 is 0. The summed E-state index contributed by atoms with van der Waals surface area (Å²) in [5.74, 6) is 0. The summed E-state index contributed by atoms with van der Waals surface area (Å²) in [6.45, 7) is 3.04. The van der Waals surface area contributed by atoms with Crippen molar-refractivity contribution in [3.8, 4) is 0 Å². The van der Waals surface area contributed by atoms with Crippen LogP contribution in [0.5, 0.6) is 0 Å². The van der Waals surface area contributed by atoms with Gasteiger partial charge in [-0.05, 0) is 24.5 Å². The zero-order valence-electron chi connectivity index (χ0n) is 7.80. The molecular formula is C11H14N2. The van der Waals surface area contributed by atoms with Crippen molar-refractivity contribution in [1.29, 1.82) is 5.41 Å². The Bertz CT molecular complexity index is 331. The van der Waals surface area contributed by atoms with Crippen LogP contribution in [-0.4, -0.2) is 12.3 Å². The van der Waals surface area contributed by atoms with Gasteiger partial charge in [0.2, 0.25) is 0 Å². The Labute approximate surface area is 78.5 Å². The van der Waals surface area contributed by atoms with E-state index < -0.39 is 0 Å². The molecule has 2 rings (SSSR count). The van der Waals surface area contributed by atoms with Crippen LogP contribution in [0, 0.1) is 12.3 Å². The Morgan fingerprint density at radius 1 is 1.38 bits per heavy atom. The van der Waals surface area contributed by atoms with Crippen LogP contribution in [0.15, 0.2) is 24.3 Å². The first-order valence-corrected chi connectivity index (χ1v) is 4.65. The quantitative estimate of drug-likeness (QED) is 0.671. The van der Waals surface area contributed by atoms with Crippen LogP contribution in [0.1, 0.15) is 23.6 Å². The average Bonchev–Trinajstić information content (AvgIpc) is 2.52. The summed E-state index contributed by atoms with van der Waals surface area (Å²) in [5, 5.41) is 11.1. The summed E-state index contributed by atoms with van der Waals surface area (Å²) in [5.41, 5.74) is 3.34. The molecule has 2 N–H and O–H groups in total. The van der Waals surface area contributed by atoms with Gasteiger partial charge in [0.05, 0.1) is 6.04 Å². The Kier molecular flexibility index (Phi) is 2.15. The first-order chi connectivity index (χ1) is 6.29. The van der Waals surface area contributed by atoms with Gasteiger partial charge < -0.3 is 10.7 Å². The summed E-state index contributed by atoms with van der Waals surface area (Å²) in [4.78, 5) is 0. The molecule has 0 bridgehead atoms. The van der Waals surface area contributed by atoms with Crippen molar-refractivity contribution in [2.45, 2.75) is 19.4 Å². The molecule has 1 unspecified atom stereocenters. The summed E-state index contributed by atoms with van der Waals surface area (Å²) in [6.07, 6.45) is 0.888. The van der Waals surface area contributed by atoms with Gasteiger partial charge in [0, 0.05) is 12.3 Å². The van der Waals surface area contributed by atoms with Gasteiger partial charge in [0.25, 0.3) is 0 Å². The van der Waals surface area contributed by atoms with Crippen molar-refractivity contribution in [2.24, 2.45) is 0 Å². The van der Waals surface area contributed by atoms with Crippen LogP contribution in [0.3, 0.4) is 0 Å². The number of benzene rings is 1. The first kappa shape index (κ1) is 8.45. The van der Waals surface area contributed by atoms with Crippen molar-refractivity contribution in [2.75, 3.05) is 6.54 Å². The molecule has 1 aromatic carbocycles. The minimum Gasteiger partial charge on any atom is -0.308 e. The normalized spacial score (nSPS) is 22.2. The number of hydrogen-bond donors (Lipinski definition) is 2. The Balaban J connectivity index is 2.34. The summed E-state index contributed by atoms with van der Waals surface area (Å²) in [7, 11) is 0. The lowest BCUT2D eigenvalue weighted by Gasteiger charge is -2.13. The second kappa shape index (κ2) is 3.30. The average molecular weight is 174 g/mol. The third-order valence-corrected chi connectivity index (χ3v) is 2.59. The zero-order chi connectivity index (χ0) is 9.26. The van der Waals surface area contributed by atoms with Crippen molar-refractivity contribution in [3.63, 3.8) is 0 Å². The highest BCUT2D eigenvalue weighted by Gasteiger charge is 2.22. The van der Waals surface area contributed by atoms with Gasteiger partial charge in [-0.1, -0.05) is 24.3 Å². The van der Waals surface area contributed by atoms with Crippen LogP contribution >= 0.6 is 0 Å². The Morgan fingerprint density at radius 3 is 2.77 bits per heavy atom. The minimum absolute atomic E-state index is 0.168. The van der Waals surface area contributed by atoms with E-state index in [9.17, 15) is 0 Å². The van der Waals surface area contributed by atoms with E-state index in [4.69, 9.17) is 5.41 Å². The molecule has 0 aliphatic carbocycles. The van der Waals surface area contributed by atoms with E-state index in [1.165, 1.54) is 11.1 Å². The predicted molar refractivity (Wildman–Crippen MR) is 54.3 cm³/mol. The van der Waals surface area contributed by atoms with Gasteiger partial charge in [-0.25, -0.2) is 0 Å². The third kappa shape index (κ3) is 1.49. The summed E-state index contributed by atoms with van der Waals surface area (Å²) in [6, 6.07) is 8.45. The topological polar surface area (TPSA) is 35.9 Å². The number of nitrogens with one attached hydrogen (secondary N) is 2. The highest BCUT2D eigenvalue weighted by molar-refractivity contribution is 5.90. The maximum absolute atomic E-state index is 7.78. The molecule has 1 heterocycles. The molecule has 2 heteroatoms.